The molecule has 6 nitrogen and oxygen atoms in total. The quantitative estimate of drug-likeness (QED) is 0.659. The van der Waals surface area contributed by atoms with Crippen molar-refractivity contribution in [3.8, 4) is 0 Å². The molecule has 3 rings (SSSR count). The molecule has 0 unspecified atom stereocenters. The first-order valence-electron chi connectivity index (χ1n) is 8.69. The number of anilines is 1. The molecule has 0 aliphatic carbocycles. The molecule has 2 N–H and O–H groups in total. The Morgan fingerprint density at radius 1 is 1.10 bits per heavy atom. The number of amides is 4. The number of benzene rings is 2. The summed E-state index contributed by atoms with van der Waals surface area (Å²) < 4.78 is 0. The Hall–Kier alpha value is -2.28. The molecule has 0 aromatic heterocycles. The molecule has 0 saturated carbocycles. The van der Waals surface area contributed by atoms with Crippen LogP contribution in [0, 0.1) is 13.8 Å². The van der Waals surface area contributed by atoms with Gasteiger partial charge < -0.3 is 10.6 Å². The van der Waals surface area contributed by atoms with Crippen molar-refractivity contribution in [1.29, 1.82) is 0 Å². The van der Waals surface area contributed by atoms with Crippen LogP contribution in [0.15, 0.2) is 30.3 Å². The number of hydrogen-bond donors (Lipinski definition) is 2. The Kier molecular flexibility index (Phi) is 5.81. The predicted molar refractivity (Wildman–Crippen MR) is 114 cm³/mol. The van der Waals surface area contributed by atoms with Gasteiger partial charge in [0, 0.05) is 15.6 Å². The lowest BCUT2D eigenvalue weighted by Gasteiger charge is -2.23. The van der Waals surface area contributed by atoms with Gasteiger partial charge in [-0.1, -0.05) is 46.9 Å². The number of nitrogens with one attached hydrogen (secondary N) is 2. The summed E-state index contributed by atoms with van der Waals surface area (Å²) in [6.45, 7) is 4.76. The van der Waals surface area contributed by atoms with E-state index in [1.165, 1.54) is 13.0 Å². The monoisotopic (exact) mass is 453 g/mol. The maximum absolute atomic E-state index is 13.0. The van der Waals surface area contributed by atoms with Gasteiger partial charge in [-0.2, -0.15) is 0 Å². The number of hydrogen-bond acceptors (Lipinski definition) is 3. The lowest BCUT2D eigenvalue weighted by Crippen LogP contribution is -2.42. The zero-order valence-electron chi connectivity index (χ0n) is 15.9. The lowest BCUT2D eigenvalue weighted by molar-refractivity contribution is -0.133. The minimum Gasteiger partial charge on any atom is -0.323 e. The summed E-state index contributed by atoms with van der Waals surface area (Å²) in [4.78, 5) is 38.8. The number of imide groups is 1. The van der Waals surface area contributed by atoms with Crippen LogP contribution in [0.1, 0.15) is 23.6 Å². The van der Waals surface area contributed by atoms with E-state index in [1.54, 1.807) is 18.2 Å². The van der Waals surface area contributed by atoms with E-state index in [4.69, 9.17) is 34.8 Å². The van der Waals surface area contributed by atoms with Crippen LogP contribution in [0.4, 0.5) is 10.5 Å². The van der Waals surface area contributed by atoms with Gasteiger partial charge in [-0.05, 0) is 50.1 Å². The molecule has 1 heterocycles. The third-order valence-electron chi connectivity index (χ3n) is 4.74. The van der Waals surface area contributed by atoms with Crippen molar-refractivity contribution in [2.45, 2.75) is 26.3 Å². The molecule has 1 aliphatic rings. The summed E-state index contributed by atoms with van der Waals surface area (Å²) in [6, 6.07) is 7.53. The van der Waals surface area contributed by atoms with Gasteiger partial charge in [0.25, 0.3) is 5.91 Å². The SMILES string of the molecule is Cc1cc(C)c(NC(=O)CN2C(=O)N[C@](C)(c3ccc(Cl)cc3Cl)C2=O)c(Cl)c1. The topological polar surface area (TPSA) is 78.5 Å². The molecule has 9 heteroatoms. The van der Waals surface area contributed by atoms with Crippen molar-refractivity contribution >= 4 is 58.3 Å². The summed E-state index contributed by atoms with van der Waals surface area (Å²) in [7, 11) is 0. The van der Waals surface area contributed by atoms with E-state index in [0.717, 1.165) is 16.0 Å². The first-order valence-corrected chi connectivity index (χ1v) is 9.82. The van der Waals surface area contributed by atoms with Crippen LogP contribution in [0.2, 0.25) is 15.1 Å². The molecule has 152 valence electrons. The highest BCUT2D eigenvalue weighted by atomic mass is 35.5. The molecule has 1 saturated heterocycles. The maximum atomic E-state index is 13.0. The minimum atomic E-state index is -1.41. The predicted octanol–water partition coefficient (Wildman–Crippen LogP) is 4.67. The van der Waals surface area contributed by atoms with Crippen LogP contribution in [0.3, 0.4) is 0 Å². The van der Waals surface area contributed by atoms with E-state index in [0.29, 0.717) is 21.3 Å². The molecular weight excluding hydrogens is 437 g/mol. The van der Waals surface area contributed by atoms with Crippen molar-refractivity contribution in [1.82, 2.24) is 10.2 Å². The fraction of sp³-hybridized carbons (Fsp3) is 0.250. The zero-order chi connectivity index (χ0) is 21.5. The second-order valence-corrected chi connectivity index (χ2v) is 8.31. The summed E-state index contributed by atoms with van der Waals surface area (Å²) in [5, 5.41) is 6.30. The second-order valence-electron chi connectivity index (χ2n) is 7.06. The summed E-state index contributed by atoms with van der Waals surface area (Å²) in [6.07, 6.45) is 0. The molecule has 0 radical (unpaired) electrons. The van der Waals surface area contributed by atoms with Gasteiger partial charge in [-0.3, -0.25) is 14.5 Å². The Balaban J connectivity index is 1.81. The van der Waals surface area contributed by atoms with Crippen LogP contribution < -0.4 is 10.6 Å². The number of rotatable bonds is 4. The molecular formula is C20H18Cl3N3O3. The van der Waals surface area contributed by atoms with E-state index in [2.05, 4.69) is 10.6 Å². The molecule has 1 fully saturated rings. The largest absolute Gasteiger partial charge is 0.325 e. The van der Waals surface area contributed by atoms with Crippen LogP contribution in [0.5, 0.6) is 0 Å². The highest BCUT2D eigenvalue weighted by Gasteiger charge is 2.50. The molecule has 0 bridgehead atoms. The maximum Gasteiger partial charge on any atom is 0.325 e. The summed E-state index contributed by atoms with van der Waals surface area (Å²) >= 11 is 18.3. The average molecular weight is 455 g/mol. The number of carbonyl (C=O) groups is 3. The highest BCUT2D eigenvalue weighted by Crippen LogP contribution is 2.35. The first kappa shape index (κ1) is 21.4. The number of urea groups is 1. The van der Waals surface area contributed by atoms with Gasteiger partial charge in [0.05, 0.1) is 10.7 Å². The fourth-order valence-electron chi connectivity index (χ4n) is 3.31. The Morgan fingerprint density at radius 3 is 2.41 bits per heavy atom. The summed E-state index contributed by atoms with van der Waals surface area (Å²) in [5.41, 5.74) is 1.16. The van der Waals surface area contributed by atoms with Crippen molar-refractivity contribution in [2.75, 3.05) is 11.9 Å². The number of nitrogens with zero attached hydrogens (tertiary/aromatic N) is 1. The third-order valence-corrected chi connectivity index (χ3v) is 5.59. The van der Waals surface area contributed by atoms with Gasteiger partial charge in [-0.25, -0.2) is 4.79 Å². The van der Waals surface area contributed by atoms with E-state index in [1.807, 2.05) is 19.9 Å². The fourth-order valence-corrected chi connectivity index (χ4v) is 4.28. The third kappa shape index (κ3) is 4.06. The van der Waals surface area contributed by atoms with Crippen molar-refractivity contribution < 1.29 is 14.4 Å². The Morgan fingerprint density at radius 2 is 1.79 bits per heavy atom. The van der Waals surface area contributed by atoms with Gasteiger partial charge >= 0.3 is 6.03 Å². The average Bonchev–Trinajstić information content (AvgIpc) is 2.82. The van der Waals surface area contributed by atoms with E-state index >= 15 is 0 Å². The highest BCUT2D eigenvalue weighted by molar-refractivity contribution is 6.35. The normalized spacial score (nSPS) is 18.8. The second kappa shape index (κ2) is 7.86. The van der Waals surface area contributed by atoms with Gasteiger partial charge in [0.15, 0.2) is 0 Å². The number of aryl methyl sites for hydroxylation is 2. The molecule has 2 aromatic rings. The number of halogens is 3. The van der Waals surface area contributed by atoms with Crippen LogP contribution in [-0.4, -0.2) is 29.3 Å². The van der Waals surface area contributed by atoms with E-state index < -0.39 is 29.9 Å². The minimum absolute atomic E-state index is 0.238. The zero-order valence-corrected chi connectivity index (χ0v) is 18.2. The van der Waals surface area contributed by atoms with Gasteiger partial charge in [0.2, 0.25) is 5.91 Å². The van der Waals surface area contributed by atoms with Crippen molar-refractivity contribution in [3.63, 3.8) is 0 Å². The van der Waals surface area contributed by atoms with Crippen molar-refractivity contribution in [2.24, 2.45) is 0 Å². The standard InChI is InChI=1S/C20H18Cl3N3O3/c1-10-6-11(2)17(15(23)7-10)24-16(27)9-26-18(28)20(3,25-19(26)29)13-5-4-12(21)8-14(13)22/h4-8H,9H2,1-3H3,(H,24,27)(H,25,29)/t20-/m1/s1. The molecule has 4 amide bonds. The molecule has 29 heavy (non-hydrogen) atoms. The Labute approximate surface area is 183 Å². The van der Waals surface area contributed by atoms with Crippen LogP contribution in [-0.2, 0) is 15.1 Å². The van der Waals surface area contributed by atoms with Crippen molar-refractivity contribution in [3.05, 3.63) is 62.1 Å². The van der Waals surface area contributed by atoms with Gasteiger partial charge in [0.1, 0.15) is 12.1 Å². The van der Waals surface area contributed by atoms with Gasteiger partial charge in [-0.15, -0.1) is 0 Å². The number of carbonyl (C=O) groups excluding carboxylic acids is 3. The van der Waals surface area contributed by atoms with E-state index in [-0.39, 0.29) is 5.02 Å². The molecule has 2 aromatic carbocycles. The van der Waals surface area contributed by atoms with Crippen LogP contribution in [0.25, 0.3) is 0 Å². The lowest BCUT2D eigenvalue weighted by atomic mass is 9.92. The molecule has 1 atom stereocenters. The van der Waals surface area contributed by atoms with Crippen LogP contribution >= 0.6 is 34.8 Å². The van der Waals surface area contributed by atoms with E-state index in [9.17, 15) is 14.4 Å². The molecule has 1 aliphatic heterocycles. The first-order chi connectivity index (χ1) is 13.5. The summed E-state index contributed by atoms with van der Waals surface area (Å²) in [5.74, 6) is -1.14. The smallest absolute Gasteiger partial charge is 0.323 e. The molecule has 0 spiro atoms. The Bertz CT molecular complexity index is 1020.